The lowest BCUT2D eigenvalue weighted by atomic mass is 10.0. The molecular weight excluding hydrogens is 344 g/mol. The highest BCUT2D eigenvalue weighted by molar-refractivity contribution is 6.01. The minimum atomic E-state index is -2.19. The molecule has 2 aliphatic rings. The number of nitrogens with one attached hydrogen (secondary N) is 1. The Morgan fingerprint density at radius 3 is 2.69 bits per heavy atom. The maximum Gasteiger partial charge on any atom is 0.264 e. The van der Waals surface area contributed by atoms with Gasteiger partial charge in [-0.25, -0.2) is 8.78 Å². The summed E-state index contributed by atoms with van der Waals surface area (Å²) >= 11 is 0. The second-order valence-corrected chi connectivity index (χ2v) is 6.39. The number of alkyl halides is 1. The first-order valence-corrected chi connectivity index (χ1v) is 8.47. The van der Waals surface area contributed by atoms with E-state index in [0.717, 1.165) is 6.08 Å². The van der Waals surface area contributed by atoms with E-state index in [1.165, 1.54) is 23.1 Å². The third kappa shape index (κ3) is 3.70. The molecule has 3 rings (SSSR count). The molecule has 140 valence electrons. The van der Waals surface area contributed by atoms with Crippen LogP contribution in [0.4, 0.5) is 20.2 Å². The molecule has 26 heavy (non-hydrogen) atoms. The Morgan fingerprint density at radius 2 is 2.00 bits per heavy atom. The first-order valence-electron chi connectivity index (χ1n) is 8.47. The van der Waals surface area contributed by atoms with Crippen molar-refractivity contribution in [1.82, 2.24) is 4.90 Å². The highest BCUT2D eigenvalue weighted by Gasteiger charge is 2.46. The van der Waals surface area contributed by atoms with Crippen molar-refractivity contribution in [2.75, 3.05) is 49.6 Å². The van der Waals surface area contributed by atoms with Crippen molar-refractivity contribution < 1.29 is 23.1 Å². The van der Waals surface area contributed by atoms with Gasteiger partial charge in [-0.1, -0.05) is 6.58 Å². The molecule has 0 spiro atoms. The number of nitrogens with zero attached hydrogens (tertiary/aromatic N) is 2. The van der Waals surface area contributed by atoms with E-state index in [-0.39, 0.29) is 19.5 Å². The number of ether oxygens (including phenoxy) is 1. The molecule has 8 heteroatoms. The van der Waals surface area contributed by atoms with E-state index in [0.29, 0.717) is 37.7 Å². The molecule has 0 aliphatic carbocycles. The fourth-order valence-corrected chi connectivity index (χ4v) is 3.19. The van der Waals surface area contributed by atoms with Crippen LogP contribution in [0.2, 0.25) is 0 Å². The van der Waals surface area contributed by atoms with E-state index in [9.17, 15) is 14.0 Å². The number of hydrogen-bond donors (Lipinski definition) is 1. The van der Waals surface area contributed by atoms with Crippen LogP contribution in [0.25, 0.3) is 0 Å². The van der Waals surface area contributed by atoms with E-state index in [4.69, 9.17) is 4.74 Å². The average molecular weight is 365 g/mol. The number of halogens is 2. The number of likely N-dealkylation sites (tertiary alicyclic amines) is 1. The van der Waals surface area contributed by atoms with Gasteiger partial charge in [0.15, 0.2) is 0 Å². The molecule has 1 aromatic carbocycles. The first kappa shape index (κ1) is 18.3. The maximum absolute atomic E-state index is 15.0. The van der Waals surface area contributed by atoms with Gasteiger partial charge in [-0.3, -0.25) is 9.59 Å². The first-order chi connectivity index (χ1) is 12.4. The molecule has 2 saturated heterocycles. The summed E-state index contributed by atoms with van der Waals surface area (Å²) in [6.07, 6.45) is 1.01. The fourth-order valence-electron chi connectivity index (χ4n) is 3.19. The Balaban J connectivity index is 1.77. The predicted molar refractivity (Wildman–Crippen MR) is 93.3 cm³/mol. The number of rotatable bonds is 4. The zero-order valence-corrected chi connectivity index (χ0v) is 14.3. The number of morpholine rings is 1. The van der Waals surface area contributed by atoms with Crippen LogP contribution in [-0.4, -0.2) is 61.8 Å². The second kappa shape index (κ2) is 7.41. The SMILES string of the molecule is C=CC(=O)N1CCC(F)(C(=O)Nc2ccc(F)cc2N2CCOCC2)C1. The fraction of sp³-hybridized carbons (Fsp3) is 0.444. The van der Waals surface area contributed by atoms with Gasteiger partial charge in [0.25, 0.3) is 5.91 Å². The Hall–Kier alpha value is -2.48. The van der Waals surface area contributed by atoms with Crippen molar-refractivity contribution in [1.29, 1.82) is 0 Å². The summed E-state index contributed by atoms with van der Waals surface area (Å²) in [6.45, 7) is 5.29. The summed E-state index contributed by atoms with van der Waals surface area (Å²) in [6, 6.07) is 3.95. The predicted octanol–water partition coefficient (Wildman–Crippen LogP) is 1.73. The molecule has 1 atom stereocenters. The molecule has 0 radical (unpaired) electrons. The van der Waals surface area contributed by atoms with E-state index >= 15 is 4.39 Å². The Bertz CT molecular complexity index is 722. The van der Waals surface area contributed by atoms with Gasteiger partial charge in [-0.15, -0.1) is 0 Å². The molecule has 0 bridgehead atoms. The number of carbonyl (C=O) groups excluding carboxylic acids is 2. The monoisotopic (exact) mass is 365 g/mol. The van der Waals surface area contributed by atoms with E-state index in [2.05, 4.69) is 11.9 Å². The lowest BCUT2D eigenvalue weighted by Gasteiger charge is -2.31. The number of carbonyl (C=O) groups is 2. The van der Waals surface area contributed by atoms with Crippen molar-refractivity contribution >= 4 is 23.2 Å². The number of amides is 2. The normalized spacial score (nSPS) is 23.0. The van der Waals surface area contributed by atoms with Crippen LogP contribution in [-0.2, 0) is 14.3 Å². The van der Waals surface area contributed by atoms with E-state index in [1.54, 1.807) is 0 Å². The molecule has 6 nitrogen and oxygen atoms in total. The van der Waals surface area contributed by atoms with Gasteiger partial charge in [0.2, 0.25) is 11.6 Å². The summed E-state index contributed by atoms with van der Waals surface area (Å²) in [5.41, 5.74) is -1.36. The van der Waals surface area contributed by atoms with Crippen molar-refractivity contribution in [3.63, 3.8) is 0 Å². The maximum atomic E-state index is 15.0. The molecule has 2 amide bonds. The van der Waals surface area contributed by atoms with E-state index < -0.39 is 23.3 Å². The molecule has 2 heterocycles. The smallest absolute Gasteiger partial charge is 0.264 e. The summed E-state index contributed by atoms with van der Waals surface area (Å²) in [4.78, 5) is 27.3. The topological polar surface area (TPSA) is 61.9 Å². The summed E-state index contributed by atoms with van der Waals surface area (Å²) in [5.74, 6) is -1.69. The Labute approximate surface area is 150 Å². The van der Waals surface area contributed by atoms with Gasteiger partial charge < -0.3 is 19.9 Å². The minimum absolute atomic E-state index is 0.0908. The highest BCUT2D eigenvalue weighted by Crippen LogP contribution is 2.32. The van der Waals surface area contributed by atoms with Crippen LogP contribution in [0.1, 0.15) is 6.42 Å². The summed E-state index contributed by atoms with van der Waals surface area (Å²) < 4.78 is 34.0. The molecule has 2 aliphatic heterocycles. The third-order valence-corrected chi connectivity index (χ3v) is 4.67. The van der Waals surface area contributed by atoms with Crippen LogP contribution in [0.15, 0.2) is 30.9 Å². The van der Waals surface area contributed by atoms with Crippen LogP contribution in [0.3, 0.4) is 0 Å². The molecule has 2 fully saturated rings. The van der Waals surface area contributed by atoms with E-state index in [1.807, 2.05) is 4.90 Å². The third-order valence-electron chi connectivity index (χ3n) is 4.67. The second-order valence-electron chi connectivity index (χ2n) is 6.39. The van der Waals surface area contributed by atoms with Crippen LogP contribution in [0, 0.1) is 5.82 Å². The number of hydrogen-bond acceptors (Lipinski definition) is 4. The van der Waals surface area contributed by atoms with Crippen molar-refractivity contribution in [2.45, 2.75) is 12.1 Å². The average Bonchev–Trinajstić information content (AvgIpc) is 3.07. The molecule has 1 unspecified atom stereocenters. The zero-order chi connectivity index (χ0) is 18.7. The molecule has 1 N–H and O–H groups in total. The summed E-state index contributed by atoms with van der Waals surface area (Å²) in [7, 11) is 0. The zero-order valence-electron chi connectivity index (χ0n) is 14.3. The number of anilines is 2. The van der Waals surface area contributed by atoms with Crippen LogP contribution >= 0.6 is 0 Å². The Morgan fingerprint density at radius 1 is 1.27 bits per heavy atom. The molecular formula is C18H21F2N3O3. The van der Waals surface area contributed by atoms with Gasteiger partial charge in [-0.05, 0) is 24.3 Å². The molecule has 0 saturated carbocycles. The van der Waals surface area contributed by atoms with Crippen LogP contribution < -0.4 is 10.2 Å². The van der Waals surface area contributed by atoms with Crippen molar-refractivity contribution in [3.8, 4) is 0 Å². The van der Waals surface area contributed by atoms with Gasteiger partial charge >= 0.3 is 0 Å². The largest absolute Gasteiger partial charge is 0.378 e. The van der Waals surface area contributed by atoms with Gasteiger partial charge in [0.1, 0.15) is 5.82 Å². The molecule has 1 aromatic rings. The van der Waals surface area contributed by atoms with Crippen molar-refractivity contribution in [3.05, 3.63) is 36.7 Å². The van der Waals surface area contributed by atoms with Gasteiger partial charge in [0.05, 0.1) is 31.1 Å². The van der Waals surface area contributed by atoms with Gasteiger partial charge in [-0.2, -0.15) is 0 Å². The van der Waals surface area contributed by atoms with Crippen molar-refractivity contribution in [2.24, 2.45) is 0 Å². The van der Waals surface area contributed by atoms with Crippen LogP contribution in [0.5, 0.6) is 0 Å². The quantitative estimate of drug-likeness (QED) is 0.826. The standard InChI is InChI=1S/C18H21F2N3O3/c1-2-16(24)23-6-5-18(20,12-23)17(25)21-14-4-3-13(19)11-15(14)22-7-9-26-10-8-22/h2-4,11H,1,5-10,12H2,(H,21,25). The number of benzene rings is 1. The lowest BCUT2D eigenvalue weighted by Crippen LogP contribution is -2.43. The lowest BCUT2D eigenvalue weighted by molar-refractivity contribution is -0.129. The minimum Gasteiger partial charge on any atom is -0.378 e. The Kier molecular flexibility index (Phi) is 5.22. The molecule has 0 aromatic heterocycles. The van der Waals surface area contributed by atoms with Gasteiger partial charge in [0, 0.05) is 26.1 Å². The summed E-state index contributed by atoms with van der Waals surface area (Å²) in [5, 5.41) is 2.57. The highest BCUT2D eigenvalue weighted by atomic mass is 19.1.